The lowest BCUT2D eigenvalue weighted by Crippen LogP contribution is -2.11. The zero-order chi connectivity index (χ0) is 32.0. The Labute approximate surface area is 270 Å². The van der Waals surface area contributed by atoms with Crippen LogP contribution < -0.4 is 10.1 Å². The summed E-state index contributed by atoms with van der Waals surface area (Å²) in [5, 5.41) is 2.92. The molecule has 8 heteroatoms. The number of hydrogen-bond acceptors (Lipinski definition) is 5. The minimum absolute atomic E-state index is 0.229. The number of unbranched alkanes of at least 4 members (excludes halogenated alkanes) is 1. The van der Waals surface area contributed by atoms with Crippen molar-refractivity contribution in [3.05, 3.63) is 102 Å². The summed E-state index contributed by atoms with van der Waals surface area (Å²) in [5.41, 5.74) is 5.90. The summed E-state index contributed by atoms with van der Waals surface area (Å²) in [5.74, 6) is 1.28. The fourth-order valence-electron chi connectivity index (χ4n) is 4.90. The van der Waals surface area contributed by atoms with Crippen molar-refractivity contribution in [1.29, 1.82) is 0 Å². The van der Waals surface area contributed by atoms with Crippen LogP contribution in [0.2, 0.25) is 0 Å². The molecular formula is C37H45N3O4S. The highest BCUT2D eigenvalue weighted by Gasteiger charge is 2.15. The van der Waals surface area contributed by atoms with Crippen molar-refractivity contribution in [2.75, 3.05) is 25.1 Å². The summed E-state index contributed by atoms with van der Waals surface area (Å²) in [6.45, 7) is 11.3. The van der Waals surface area contributed by atoms with Crippen LogP contribution in [0.3, 0.4) is 0 Å². The summed E-state index contributed by atoms with van der Waals surface area (Å²) < 4.78 is 26.4. The second kappa shape index (κ2) is 17.6. The van der Waals surface area contributed by atoms with Gasteiger partial charge in [-0.3, -0.25) is 4.79 Å². The lowest BCUT2D eigenvalue weighted by Gasteiger charge is -2.13. The number of benzene rings is 3. The van der Waals surface area contributed by atoms with Gasteiger partial charge in [0.05, 0.1) is 24.8 Å². The monoisotopic (exact) mass is 627 g/mol. The third kappa shape index (κ3) is 10.3. The molecule has 4 rings (SSSR count). The van der Waals surface area contributed by atoms with Crippen LogP contribution in [0.1, 0.15) is 69.7 Å². The maximum Gasteiger partial charge on any atom is 0.248 e. The van der Waals surface area contributed by atoms with E-state index in [9.17, 15) is 9.35 Å². The van der Waals surface area contributed by atoms with Gasteiger partial charge in [0.25, 0.3) is 0 Å². The number of nitrogens with one attached hydrogen (secondary N) is 1. The smallest absolute Gasteiger partial charge is 0.248 e. The first-order chi connectivity index (χ1) is 21.9. The van der Waals surface area contributed by atoms with Crippen LogP contribution in [0.4, 0.5) is 5.69 Å². The summed E-state index contributed by atoms with van der Waals surface area (Å²) in [6.07, 6.45) is 10.2. The van der Waals surface area contributed by atoms with E-state index in [1.165, 1.54) is 0 Å². The molecule has 1 amide bonds. The molecule has 1 atom stereocenters. The van der Waals surface area contributed by atoms with Gasteiger partial charge < -0.3 is 23.9 Å². The van der Waals surface area contributed by atoms with E-state index in [4.69, 9.17) is 9.47 Å². The molecule has 0 bridgehead atoms. The molecule has 7 nitrogen and oxygen atoms in total. The Balaban J connectivity index is 1.36. The van der Waals surface area contributed by atoms with Crippen LogP contribution in [0.15, 0.2) is 90.2 Å². The second-order valence-corrected chi connectivity index (χ2v) is 12.7. The molecule has 0 spiro atoms. The number of ether oxygens (including phenoxy) is 2. The first-order valence-electron chi connectivity index (χ1n) is 15.8. The normalized spacial score (nSPS) is 12.1. The van der Waals surface area contributed by atoms with Gasteiger partial charge in [-0.25, -0.2) is 4.98 Å². The number of carbonyl (C=O) groups is 1. The van der Waals surface area contributed by atoms with Gasteiger partial charge in [-0.1, -0.05) is 58.4 Å². The molecule has 0 fully saturated rings. The molecule has 4 aromatic rings. The molecule has 0 saturated carbocycles. The summed E-state index contributed by atoms with van der Waals surface area (Å²) in [6, 6.07) is 21.6. The summed E-state index contributed by atoms with van der Waals surface area (Å²) >= 11 is -1.21. The number of amides is 1. The van der Waals surface area contributed by atoms with Gasteiger partial charge in [0, 0.05) is 24.9 Å². The van der Waals surface area contributed by atoms with E-state index >= 15 is 0 Å². The lowest BCUT2D eigenvalue weighted by molar-refractivity contribution is -0.111. The van der Waals surface area contributed by atoms with Gasteiger partial charge in [0.2, 0.25) is 5.91 Å². The number of hydrogen-bond donors (Lipinski definition) is 1. The molecule has 0 aliphatic carbocycles. The molecule has 1 heterocycles. The van der Waals surface area contributed by atoms with Crippen LogP contribution in [0.5, 0.6) is 5.75 Å². The molecule has 238 valence electrons. The fraction of sp³-hybridized carbons (Fsp3) is 0.351. The van der Waals surface area contributed by atoms with Gasteiger partial charge in [-0.15, -0.1) is 0 Å². The number of anilines is 1. The molecule has 0 saturated heterocycles. The molecule has 45 heavy (non-hydrogen) atoms. The van der Waals surface area contributed by atoms with E-state index in [-0.39, 0.29) is 5.91 Å². The molecule has 1 aromatic heterocycles. The topological polar surface area (TPSA) is 88.4 Å². The van der Waals surface area contributed by atoms with E-state index in [0.717, 1.165) is 66.1 Å². The quantitative estimate of drug-likeness (QED) is 0.0724. The van der Waals surface area contributed by atoms with Crippen molar-refractivity contribution in [2.24, 2.45) is 0 Å². The fourth-order valence-corrected chi connectivity index (χ4v) is 6.02. The Morgan fingerprint density at radius 3 is 2.44 bits per heavy atom. The Hall–Kier alpha value is -3.85. The van der Waals surface area contributed by atoms with Gasteiger partial charge in [0.1, 0.15) is 12.4 Å². The molecule has 0 aliphatic rings. The van der Waals surface area contributed by atoms with Crippen LogP contribution in [0.25, 0.3) is 17.2 Å². The minimum Gasteiger partial charge on any atom is -0.611 e. The molecule has 3 aromatic carbocycles. The maximum atomic E-state index is 12.9. The van der Waals surface area contributed by atoms with Crippen molar-refractivity contribution >= 4 is 28.8 Å². The largest absolute Gasteiger partial charge is 0.611 e. The number of nitrogens with zero attached hydrogens (tertiary/aromatic N) is 2. The van der Waals surface area contributed by atoms with Gasteiger partial charge >= 0.3 is 0 Å². The summed E-state index contributed by atoms with van der Waals surface area (Å²) in [4.78, 5) is 17.8. The van der Waals surface area contributed by atoms with Crippen molar-refractivity contribution in [2.45, 2.75) is 70.1 Å². The van der Waals surface area contributed by atoms with Crippen molar-refractivity contribution in [3.8, 4) is 16.9 Å². The van der Waals surface area contributed by atoms with Crippen molar-refractivity contribution in [3.63, 3.8) is 0 Å². The Morgan fingerprint density at radius 2 is 1.73 bits per heavy atom. The standard InChI is InChI=1S/C37H45N3O4S/c1-5-7-21-43-22-23-44-34-14-8-29(9-15-34)30-10-18-36(28(3)4)31(24-30)11-19-37(41)39-32-12-16-35(17-13-32)45(42)26-33-25-38-27-40(33)20-6-2/h8-19,24-25,27-28H,5-7,20-23,26H2,1-4H3,(H,39,41)/b19-11+/t45-/m1/s1. The maximum absolute atomic E-state index is 12.9. The third-order valence-corrected chi connectivity index (χ3v) is 8.73. The highest BCUT2D eigenvalue weighted by Crippen LogP contribution is 2.29. The Morgan fingerprint density at radius 1 is 0.978 bits per heavy atom. The molecule has 0 unspecified atom stereocenters. The van der Waals surface area contributed by atoms with Gasteiger partial charge in [-0.2, -0.15) is 0 Å². The summed E-state index contributed by atoms with van der Waals surface area (Å²) in [7, 11) is 0. The molecule has 1 N–H and O–H groups in total. The third-order valence-electron chi connectivity index (χ3n) is 7.38. The van der Waals surface area contributed by atoms with Crippen LogP contribution in [-0.2, 0) is 33.0 Å². The highest BCUT2D eigenvalue weighted by atomic mass is 32.2. The van der Waals surface area contributed by atoms with E-state index in [2.05, 4.69) is 56.2 Å². The van der Waals surface area contributed by atoms with Crippen LogP contribution >= 0.6 is 0 Å². The highest BCUT2D eigenvalue weighted by molar-refractivity contribution is 7.90. The lowest BCUT2D eigenvalue weighted by atomic mass is 9.93. The van der Waals surface area contributed by atoms with Gasteiger partial charge in [0.15, 0.2) is 10.6 Å². The number of carbonyl (C=O) groups excluding carboxylic acids is 1. The van der Waals surface area contributed by atoms with Gasteiger partial charge in [-0.05, 0) is 101 Å². The Bertz CT molecular complexity index is 1510. The minimum atomic E-state index is -1.21. The SMILES string of the molecule is CCCCOCCOc1ccc(-c2ccc(C(C)C)c(/C=C/C(=O)Nc3ccc([S@+]([O-])Cc4cncn4CCC)cc3)c2)cc1. The average molecular weight is 628 g/mol. The Kier molecular flexibility index (Phi) is 13.3. The number of aryl methyl sites for hydroxylation is 1. The average Bonchev–Trinajstić information content (AvgIpc) is 3.48. The second-order valence-electron chi connectivity index (χ2n) is 11.3. The van der Waals surface area contributed by atoms with Crippen molar-refractivity contribution < 1.29 is 18.8 Å². The van der Waals surface area contributed by atoms with E-state index in [0.29, 0.717) is 35.5 Å². The zero-order valence-electron chi connectivity index (χ0n) is 26.8. The predicted molar refractivity (Wildman–Crippen MR) is 184 cm³/mol. The molecule has 0 aliphatic heterocycles. The molecular weight excluding hydrogens is 582 g/mol. The number of aromatic nitrogens is 2. The van der Waals surface area contributed by atoms with E-state index in [1.807, 2.05) is 34.9 Å². The molecule has 0 radical (unpaired) electrons. The van der Waals surface area contributed by atoms with E-state index in [1.54, 1.807) is 42.9 Å². The van der Waals surface area contributed by atoms with Crippen LogP contribution in [0, 0.1) is 0 Å². The van der Waals surface area contributed by atoms with Crippen LogP contribution in [-0.4, -0.2) is 39.8 Å². The first-order valence-corrected chi connectivity index (χ1v) is 17.1. The van der Waals surface area contributed by atoms with Crippen molar-refractivity contribution in [1.82, 2.24) is 9.55 Å². The zero-order valence-corrected chi connectivity index (χ0v) is 27.6. The number of rotatable bonds is 17. The number of imidazole rings is 1. The van der Waals surface area contributed by atoms with E-state index < -0.39 is 11.2 Å². The first kappa shape index (κ1) is 34.0. The predicted octanol–water partition coefficient (Wildman–Crippen LogP) is 8.24.